The second-order valence-electron chi connectivity index (χ2n) is 5.03. The summed E-state index contributed by atoms with van der Waals surface area (Å²) in [7, 11) is 0. The highest BCUT2D eigenvalue weighted by Gasteiger charge is 2.18. The summed E-state index contributed by atoms with van der Waals surface area (Å²) in [4.78, 5) is 23.2. The van der Waals surface area contributed by atoms with Gasteiger partial charge in [0, 0.05) is 17.4 Å². The van der Waals surface area contributed by atoms with Crippen molar-refractivity contribution < 1.29 is 19.1 Å². The third kappa shape index (κ3) is 2.46. The number of furan rings is 1. The van der Waals surface area contributed by atoms with Crippen LogP contribution in [0, 0.1) is 13.8 Å². The first-order valence-electron chi connectivity index (χ1n) is 6.76. The van der Waals surface area contributed by atoms with Crippen molar-refractivity contribution in [2.24, 2.45) is 0 Å². The average molecular weight is 274 g/mol. The molecule has 0 bridgehead atoms. The Morgan fingerprint density at radius 3 is 2.50 bits per heavy atom. The second-order valence-corrected chi connectivity index (χ2v) is 5.03. The third-order valence-electron chi connectivity index (χ3n) is 3.68. The molecule has 2 aromatic rings. The molecule has 0 atom stereocenters. The lowest BCUT2D eigenvalue weighted by atomic mass is 9.95. The van der Waals surface area contributed by atoms with Gasteiger partial charge in [0.15, 0.2) is 5.78 Å². The quantitative estimate of drug-likeness (QED) is 0.833. The summed E-state index contributed by atoms with van der Waals surface area (Å²) in [5.74, 6) is -1.11. The molecule has 0 unspecified atom stereocenters. The van der Waals surface area contributed by atoms with Gasteiger partial charge >= 0.3 is 5.97 Å². The van der Waals surface area contributed by atoms with Crippen LogP contribution in [0.2, 0.25) is 0 Å². The Kier molecular flexibility index (Phi) is 3.93. The summed E-state index contributed by atoms with van der Waals surface area (Å²) in [6.45, 7) is 5.82. The first kappa shape index (κ1) is 14.3. The number of hydrogen-bond donors (Lipinski definition) is 1. The lowest BCUT2D eigenvalue weighted by Gasteiger charge is -2.08. The van der Waals surface area contributed by atoms with E-state index in [2.05, 4.69) is 0 Å². The summed E-state index contributed by atoms with van der Waals surface area (Å²) in [5.41, 5.74) is 2.90. The Hall–Kier alpha value is -2.10. The Balaban J connectivity index is 2.54. The van der Waals surface area contributed by atoms with Crippen molar-refractivity contribution in [2.75, 3.05) is 0 Å². The van der Waals surface area contributed by atoms with Crippen molar-refractivity contribution in [3.63, 3.8) is 0 Å². The van der Waals surface area contributed by atoms with Crippen molar-refractivity contribution in [3.8, 4) is 0 Å². The zero-order valence-corrected chi connectivity index (χ0v) is 11.9. The molecule has 20 heavy (non-hydrogen) atoms. The SMILES string of the molecule is CCCCC(=O)c1cc2oc(C(=O)O)cc2c(C)c1C. The largest absolute Gasteiger partial charge is 0.475 e. The van der Waals surface area contributed by atoms with Crippen LogP contribution in [0.5, 0.6) is 0 Å². The number of hydrogen-bond acceptors (Lipinski definition) is 3. The van der Waals surface area contributed by atoms with Crippen molar-refractivity contribution in [2.45, 2.75) is 40.0 Å². The van der Waals surface area contributed by atoms with Gasteiger partial charge in [0.2, 0.25) is 5.76 Å². The molecule has 0 radical (unpaired) electrons. The Morgan fingerprint density at radius 2 is 1.90 bits per heavy atom. The monoisotopic (exact) mass is 274 g/mol. The molecule has 1 heterocycles. The molecule has 106 valence electrons. The van der Waals surface area contributed by atoms with Gasteiger partial charge in [-0.2, -0.15) is 0 Å². The number of aryl methyl sites for hydroxylation is 1. The molecule has 2 rings (SSSR count). The number of ketones is 1. The van der Waals surface area contributed by atoms with Gasteiger partial charge in [-0.3, -0.25) is 4.79 Å². The molecule has 0 saturated heterocycles. The molecular weight excluding hydrogens is 256 g/mol. The third-order valence-corrected chi connectivity index (χ3v) is 3.68. The fourth-order valence-electron chi connectivity index (χ4n) is 2.32. The lowest BCUT2D eigenvalue weighted by molar-refractivity contribution is 0.0665. The number of unbranched alkanes of at least 4 members (excludes halogenated alkanes) is 1. The highest BCUT2D eigenvalue weighted by Crippen LogP contribution is 2.29. The van der Waals surface area contributed by atoms with Crippen molar-refractivity contribution in [1.82, 2.24) is 0 Å². The highest BCUT2D eigenvalue weighted by molar-refractivity contribution is 6.02. The molecule has 0 aliphatic rings. The number of benzene rings is 1. The lowest BCUT2D eigenvalue weighted by Crippen LogP contribution is -2.03. The van der Waals surface area contributed by atoms with Crippen LogP contribution in [0.3, 0.4) is 0 Å². The second kappa shape index (κ2) is 5.49. The van der Waals surface area contributed by atoms with E-state index in [1.807, 2.05) is 20.8 Å². The van der Waals surface area contributed by atoms with Gasteiger partial charge in [0.1, 0.15) is 5.58 Å². The van der Waals surface area contributed by atoms with E-state index in [0.29, 0.717) is 17.6 Å². The standard InChI is InChI=1S/C16H18O4/c1-4-5-6-13(17)11-7-14-12(10(3)9(11)2)8-15(20-14)16(18)19/h7-8H,4-6H2,1-3H3,(H,18,19). The zero-order valence-electron chi connectivity index (χ0n) is 11.9. The normalized spacial score (nSPS) is 10.9. The van der Waals surface area contributed by atoms with E-state index < -0.39 is 5.97 Å². The number of fused-ring (bicyclic) bond motifs is 1. The highest BCUT2D eigenvalue weighted by atomic mass is 16.4. The van der Waals surface area contributed by atoms with Crippen LogP contribution in [0.4, 0.5) is 0 Å². The minimum atomic E-state index is -1.10. The maximum atomic E-state index is 12.2. The van der Waals surface area contributed by atoms with E-state index in [9.17, 15) is 9.59 Å². The Bertz CT molecular complexity index is 679. The van der Waals surface area contributed by atoms with Crippen LogP contribution in [0.1, 0.15) is 58.2 Å². The van der Waals surface area contributed by atoms with Gasteiger partial charge in [0.25, 0.3) is 0 Å². The molecule has 4 nitrogen and oxygen atoms in total. The average Bonchev–Trinajstić information content (AvgIpc) is 2.84. The fourth-order valence-corrected chi connectivity index (χ4v) is 2.32. The van der Waals surface area contributed by atoms with Gasteiger partial charge in [-0.25, -0.2) is 4.79 Å². The first-order valence-corrected chi connectivity index (χ1v) is 6.76. The minimum absolute atomic E-state index is 0.0858. The van der Waals surface area contributed by atoms with Crippen molar-refractivity contribution >= 4 is 22.7 Å². The van der Waals surface area contributed by atoms with E-state index in [1.54, 1.807) is 6.07 Å². The molecule has 0 aliphatic heterocycles. The van der Waals surface area contributed by atoms with Crippen LogP contribution in [0.15, 0.2) is 16.5 Å². The predicted octanol–water partition coefficient (Wildman–Crippen LogP) is 4.12. The molecule has 0 amide bonds. The van der Waals surface area contributed by atoms with E-state index in [4.69, 9.17) is 9.52 Å². The van der Waals surface area contributed by atoms with Crippen LogP contribution < -0.4 is 0 Å². The number of carbonyl (C=O) groups is 2. The molecule has 0 spiro atoms. The molecule has 1 aromatic carbocycles. The topological polar surface area (TPSA) is 67.5 Å². The van der Waals surface area contributed by atoms with Gasteiger partial charge in [0.05, 0.1) is 0 Å². The minimum Gasteiger partial charge on any atom is -0.475 e. The van der Waals surface area contributed by atoms with Gasteiger partial charge < -0.3 is 9.52 Å². The van der Waals surface area contributed by atoms with E-state index in [0.717, 1.165) is 29.4 Å². The van der Waals surface area contributed by atoms with Crippen molar-refractivity contribution in [1.29, 1.82) is 0 Å². The smallest absolute Gasteiger partial charge is 0.371 e. The first-order chi connectivity index (χ1) is 9.45. The van der Waals surface area contributed by atoms with E-state index in [-0.39, 0.29) is 11.5 Å². The van der Waals surface area contributed by atoms with E-state index >= 15 is 0 Å². The van der Waals surface area contributed by atoms with Crippen LogP contribution in [-0.4, -0.2) is 16.9 Å². The summed E-state index contributed by atoms with van der Waals surface area (Å²) >= 11 is 0. The number of carboxylic acids is 1. The fraction of sp³-hybridized carbons (Fsp3) is 0.375. The van der Waals surface area contributed by atoms with Crippen LogP contribution >= 0.6 is 0 Å². The number of carboxylic acid groups (broad SMARTS) is 1. The predicted molar refractivity (Wildman–Crippen MR) is 76.5 cm³/mol. The van der Waals surface area contributed by atoms with E-state index in [1.165, 1.54) is 6.07 Å². The number of aromatic carboxylic acids is 1. The summed E-state index contributed by atoms with van der Waals surface area (Å²) in [5, 5.41) is 9.74. The summed E-state index contributed by atoms with van der Waals surface area (Å²) < 4.78 is 5.31. The number of rotatable bonds is 5. The summed E-state index contributed by atoms with van der Waals surface area (Å²) in [6, 6.07) is 3.18. The zero-order chi connectivity index (χ0) is 14.9. The molecule has 1 aromatic heterocycles. The molecule has 0 aliphatic carbocycles. The molecule has 0 fully saturated rings. The number of carbonyl (C=O) groups excluding carboxylic acids is 1. The summed E-state index contributed by atoms with van der Waals surface area (Å²) in [6.07, 6.45) is 2.33. The van der Waals surface area contributed by atoms with Crippen LogP contribution in [-0.2, 0) is 0 Å². The van der Waals surface area contributed by atoms with Gasteiger partial charge in [-0.05, 0) is 43.5 Å². The maximum absolute atomic E-state index is 12.2. The maximum Gasteiger partial charge on any atom is 0.371 e. The van der Waals surface area contributed by atoms with Crippen LogP contribution in [0.25, 0.3) is 11.0 Å². The molecular formula is C16H18O4. The molecule has 1 N–H and O–H groups in total. The Morgan fingerprint density at radius 1 is 1.20 bits per heavy atom. The van der Waals surface area contributed by atoms with Gasteiger partial charge in [-0.15, -0.1) is 0 Å². The number of Topliss-reactive ketones (excluding diaryl/α,β-unsaturated/α-hetero) is 1. The Labute approximate surface area is 117 Å². The molecule has 4 heteroatoms. The van der Waals surface area contributed by atoms with Gasteiger partial charge in [-0.1, -0.05) is 13.3 Å². The molecule has 0 saturated carbocycles. The van der Waals surface area contributed by atoms with Crippen molar-refractivity contribution in [3.05, 3.63) is 34.6 Å².